The van der Waals surface area contributed by atoms with Gasteiger partial charge in [-0.25, -0.2) is 4.79 Å². The molecule has 0 amide bonds. The monoisotopic (exact) mass is 372 g/mol. The van der Waals surface area contributed by atoms with E-state index in [2.05, 4.69) is 0 Å². The Kier molecular flexibility index (Phi) is 6.95. The van der Waals surface area contributed by atoms with E-state index in [1.54, 1.807) is 0 Å². The fourth-order valence-electron chi connectivity index (χ4n) is 3.00. The molecule has 1 aliphatic heterocycles. The van der Waals surface area contributed by atoms with E-state index in [-0.39, 0.29) is 6.61 Å². The zero-order chi connectivity index (χ0) is 19.1. The van der Waals surface area contributed by atoms with Crippen molar-refractivity contribution in [2.45, 2.75) is 37.6 Å². The molecule has 2 aromatic rings. The molecule has 0 spiro atoms. The van der Waals surface area contributed by atoms with Crippen LogP contribution >= 0.6 is 0 Å². The average Bonchev–Trinajstić information content (AvgIpc) is 2.72. The number of hydrogen-bond donors (Lipinski definition) is 1. The molecule has 1 fully saturated rings. The van der Waals surface area contributed by atoms with Crippen LogP contribution in [0.15, 0.2) is 60.7 Å². The maximum atomic E-state index is 11.9. The number of carbonyl (C=O) groups is 1. The minimum absolute atomic E-state index is 0.128. The lowest BCUT2D eigenvalue weighted by atomic mass is 9.99. The standard InChI is InChI=1S/C21H24O6/c1-24-21(23)20-18(22)19(26-13-16-10-6-3-7-11-16)17(14-27-20)25-12-15-8-4-2-5-9-15/h2-11,17-20,22H,12-14H2,1H3/t17?,18-,19?,20?/m0/s1. The van der Waals surface area contributed by atoms with Gasteiger partial charge < -0.3 is 24.1 Å². The third kappa shape index (κ3) is 5.14. The largest absolute Gasteiger partial charge is 0.467 e. The van der Waals surface area contributed by atoms with Gasteiger partial charge in [-0.05, 0) is 11.1 Å². The SMILES string of the molecule is COC(=O)C1OCC(OCc2ccccc2)C(OCc2ccccc2)[C@@H]1O. The van der Waals surface area contributed by atoms with E-state index in [0.717, 1.165) is 11.1 Å². The Bertz CT molecular complexity index is 705. The third-order valence-corrected chi connectivity index (χ3v) is 4.48. The van der Waals surface area contributed by atoms with Crippen LogP contribution in [0.25, 0.3) is 0 Å². The fourth-order valence-corrected chi connectivity index (χ4v) is 3.00. The summed E-state index contributed by atoms with van der Waals surface area (Å²) in [4.78, 5) is 11.9. The molecule has 1 heterocycles. The van der Waals surface area contributed by atoms with Crippen LogP contribution in [-0.2, 0) is 37.0 Å². The van der Waals surface area contributed by atoms with Gasteiger partial charge in [0.05, 0.1) is 26.9 Å². The summed E-state index contributed by atoms with van der Waals surface area (Å²) in [6, 6.07) is 19.3. The summed E-state index contributed by atoms with van der Waals surface area (Å²) in [5.74, 6) is -0.627. The molecule has 2 aromatic carbocycles. The van der Waals surface area contributed by atoms with Crippen molar-refractivity contribution in [1.82, 2.24) is 0 Å². The number of esters is 1. The van der Waals surface area contributed by atoms with Gasteiger partial charge in [-0.1, -0.05) is 60.7 Å². The van der Waals surface area contributed by atoms with Crippen LogP contribution in [0.5, 0.6) is 0 Å². The maximum Gasteiger partial charge on any atom is 0.337 e. The van der Waals surface area contributed by atoms with Crippen LogP contribution in [0.2, 0.25) is 0 Å². The van der Waals surface area contributed by atoms with Gasteiger partial charge in [-0.2, -0.15) is 0 Å². The zero-order valence-corrected chi connectivity index (χ0v) is 15.2. The average molecular weight is 372 g/mol. The van der Waals surface area contributed by atoms with Gasteiger partial charge in [0, 0.05) is 0 Å². The Labute approximate surface area is 158 Å². The van der Waals surface area contributed by atoms with E-state index in [1.807, 2.05) is 60.7 Å². The van der Waals surface area contributed by atoms with Crippen molar-refractivity contribution in [3.63, 3.8) is 0 Å². The second kappa shape index (κ2) is 9.62. The summed E-state index contributed by atoms with van der Waals surface area (Å²) >= 11 is 0. The number of ether oxygens (including phenoxy) is 4. The predicted octanol–water partition coefficient (Wildman–Crippen LogP) is 2.09. The van der Waals surface area contributed by atoms with E-state index < -0.39 is 30.4 Å². The topological polar surface area (TPSA) is 74.2 Å². The van der Waals surface area contributed by atoms with Crippen molar-refractivity contribution >= 4 is 5.97 Å². The molecule has 0 aliphatic carbocycles. The van der Waals surface area contributed by atoms with Crippen molar-refractivity contribution < 1.29 is 28.8 Å². The lowest BCUT2D eigenvalue weighted by Crippen LogP contribution is -2.57. The summed E-state index contributed by atoms with van der Waals surface area (Å²) in [6.45, 7) is 0.778. The van der Waals surface area contributed by atoms with Gasteiger partial charge in [-0.15, -0.1) is 0 Å². The van der Waals surface area contributed by atoms with Gasteiger partial charge in [-0.3, -0.25) is 0 Å². The molecule has 144 valence electrons. The molecule has 3 unspecified atom stereocenters. The Hall–Kier alpha value is -2.25. The van der Waals surface area contributed by atoms with Crippen LogP contribution in [0, 0.1) is 0 Å². The molecule has 0 bridgehead atoms. The molecule has 0 saturated carbocycles. The summed E-state index contributed by atoms with van der Waals surface area (Å²) in [5, 5.41) is 10.6. The molecule has 1 aliphatic rings. The molecule has 0 radical (unpaired) electrons. The number of benzene rings is 2. The predicted molar refractivity (Wildman–Crippen MR) is 97.8 cm³/mol. The van der Waals surface area contributed by atoms with Crippen LogP contribution < -0.4 is 0 Å². The molecule has 0 aromatic heterocycles. The minimum Gasteiger partial charge on any atom is -0.467 e. The maximum absolute atomic E-state index is 11.9. The number of rotatable bonds is 7. The molecular weight excluding hydrogens is 348 g/mol. The molecule has 6 heteroatoms. The number of methoxy groups -OCH3 is 1. The Morgan fingerprint density at radius 2 is 1.56 bits per heavy atom. The van der Waals surface area contributed by atoms with Crippen LogP contribution in [-0.4, -0.2) is 49.2 Å². The Balaban J connectivity index is 1.68. The highest BCUT2D eigenvalue weighted by Gasteiger charge is 2.45. The molecule has 3 rings (SSSR count). The van der Waals surface area contributed by atoms with Crippen molar-refractivity contribution in [2.75, 3.05) is 13.7 Å². The summed E-state index contributed by atoms with van der Waals surface area (Å²) < 4.78 is 22.1. The van der Waals surface area contributed by atoms with Gasteiger partial charge in [0.2, 0.25) is 0 Å². The summed E-state index contributed by atoms with van der Waals surface area (Å²) in [5.41, 5.74) is 1.97. The Morgan fingerprint density at radius 1 is 1.00 bits per heavy atom. The van der Waals surface area contributed by atoms with Gasteiger partial charge in [0.1, 0.15) is 18.3 Å². The quantitative estimate of drug-likeness (QED) is 0.751. The normalized spacial score (nSPS) is 25.1. The first kappa shape index (κ1) is 19.5. The lowest BCUT2D eigenvalue weighted by Gasteiger charge is -2.38. The molecule has 6 nitrogen and oxygen atoms in total. The van der Waals surface area contributed by atoms with Crippen LogP contribution in [0.3, 0.4) is 0 Å². The van der Waals surface area contributed by atoms with Crippen LogP contribution in [0.1, 0.15) is 11.1 Å². The minimum atomic E-state index is -1.18. The first-order valence-electron chi connectivity index (χ1n) is 8.87. The highest BCUT2D eigenvalue weighted by Crippen LogP contribution is 2.24. The first-order valence-corrected chi connectivity index (χ1v) is 8.87. The summed E-state index contributed by atoms with van der Waals surface area (Å²) in [6.07, 6.45) is -3.50. The second-order valence-electron chi connectivity index (χ2n) is 6.36. The Morgan fingerprint density at radius 3 is 2.11 bits per heavy atom. The fraction of sp³-hybridized carbons (Fsp3) is 0.381. The molecule has 27 heavy (non-hydrogen) atoms. The zero-order valence-electron chi connectivity index (χ0n) is 15.2. The molecule has 1 saturated heterocycles. The molecule has 1 N–H and O–H groups in total. The number of hydrogen-bond acceptors (Lipinski definition) is 6. The smallest absolute Gasteiger partial charge is 0.337 e. The van der Waals surface area contributed by atoms with Gasteiger partial charge in [0.25, 0.3) is 0 Å². The van der Waals surface area contributed by atoms with E-state index in [4.69, 9.17) is 18.9 Å². The lowest BCUT2D eigenvalue weighted by molar-refractivity contribution is -0.228. The van der Waals surface area contributed by atoms with Gasteiger partial charge in [0.15, 0.2) is 6.10 Å². The van der Waals surface area contributed by atoms with E-state index in [0.29, 0.717) is 13.2 Å². The second-order valence-corrected chi connectivity index (χ2v) is 6.36. The third-order valence-electron chi connectivity index (χ3n) is 4.48. The highest BCUT2D eigenvalue weighted by atomic mass is 16.6. The number of aliphatic hydroxyl groups is 1. The van der Waals surface area contributed by atoms with Crippen molar-refractivity contribution in [2.24, 2.45) is 0 Å². The highest BCUT2D eigenvalue weighted by molar-refractivity contribution is 5.75. The van der Waals surface area contributed by atoms with Crippen LogP contribution in [0.4, 0.5) is 0 Å². The van der Waals surface area contributed by atoms with E-state index in [9.17, 15) is 9.90 Å². The summed E-state index contributed by atoms with van der Waals surface area (Å²) in [7, 11) is 1.26. The van der Waals surface area contributed by atoms with E-state index in [1.165, 1.54) is 7.11 Å². The van der Waals surface area contributed by atoms with Gasteiger partial charge >= 0.3 is 5.97 Å². The van der Waals surface area contributed by atoms with E-state index >= 15 is 0 Å². The van der Waals surface area contributed by atoms with Crippen molar-refractivity contribution in [1.29, 1.82) is 0 Å². The number of carbonyl (C=O) groups excluding carboxylic acids is 1. The number of aliphatic hydroxyl groups excluding tert-OH is 1. The molecule has 4 atom stereocenters. The molecular formula is C21H24O6. The van der Waals surface area contributed by atoms with Crippen molar-refractivity contribution in [3.8, 4) is 0 Å². The van der Waals surface area contributed by atoms with Crippen molar-refractivity contribution in [3.05, 3.63) is 71.8 Å². The first-order chi connectivity index (χ1) is 13.2.